The molecule has 0 fully saturated rings. The quantitative estimate of drug-likeness (QED) is 0.443. The highest BCUT2D eigenvalue weighted by molar-refractivity contribution is 6.74. The smallest absolute Gasteiger partial charge is 0.289 e. The molecule has 1 rings (SSSR count). The number of nitrogens with zero attached hydrogens (tertiary/aromatic N) is 2. The summed E-state index contributed by atoms with van der Waals surface area (Å²) in [5.41, 5.74) is 0.544. The van der Waals surface area contributed by atoms with Gasteiger partial charge in [-0.1, -0.05) is 39.3 Å². The fourth-order valence-corrected chi connectivity index (χ4v) is 2.98. The normalized spacial score (nSPS) is 14.0. The van der Waals surface area contributed by atoms with Crippen LogP contribution in [-0.4, -0.2) is 24.8 Å². The number of rotatable bonds is 5. The van der Waals surface area contributed by atoms with Gasteiger partial charge in [-0.25, -0.2) is 0 Å². The Morgan fingerprint density at radius 2 is 2.05 bits per heavy atom. The van der Waals surface area contributed by atoms with Crippen LogP contribution in [0.25, 0.3) is 0 Å². The van der Waals surface area contributed by atoms with Crippen molar-refractivity contribution < 1.29 is 9.35 Å². The van der Waals surface area contributed by atoms with E-state index in [1.807, 2.05) is 6.92 Å². The second kappa shape index (κ2) is 6.42. The molecule has 0 radical (unpaired) electrons. The fourth-order valence-electron chi connectivity index (χ4n) is 1.53. The fraction of sp³-hybridized carbons (Fsp3) is 0.643. The van der Waals surface area contributed by atoms with Crippen LogP contribution in [0.15, 0.2) is 12.3 Å². The van der Waals surface area contributed by atoms with Crippen molar-refractivity contribution in [1.82, 2.24) is 4.98 Å². The Hall–Kier alpha value is -0.983. The van der Waals surface area contributed by atoms with Crippen molar-refractivity contribution in [1.29, 1.82) is 0 Å². The molecule has 7 heteroatoms. The minimum absolute atomic E-state index is 0.00701. The summed E-state index contributed by atoms with van der Waals surface area (Å²) in [6.45, 7) is 13.4. The van der Waals surface area contributed by atoms with Gasteiger partial charge in [-0.05, 0) is 18.1 Å². The largest absolute Gasteiger partial charge is 0.416 e. The molecule has 0 aromatic carbocycles. The SMILES string of the molecule is CC(CO[Si](C)(C)C(C)(C)C)c1ncc([N+](=O)[O-])cc1Cl. The molecule has 0 N–H and O–H groups in total. The van der Waals surface area contributed by atoms with E-state index in [1.165, 1.54) is 12.3 Å². The first-order valence-electron chi connectivity index (χ1n) is 6.89. The van der Waals surface area contributed by atoms with Gasteiger partial charge < -0.3 is 4.43 Å². The van der Waals surface area contributed by atoms with Crippen molar-refractivity contribution in [2.75, 3.05) is 6.61 Å². The van der Waals surface area contributed by atoms with Crippen LogP contribution < -0.4 is 0 Å². The number of nitro groups is 1. The first-order valence-corrected chi connectivity index (χ1v) is 10.2. The summed E-state index contributed by atoms with van der Waals surface area (Å²) in [7, 11) is -1.83. The van der Waals surface area contributed by atoms with E-state index in [2.05, 4.69) is 38.8 Å². The van der Waals surface area contributed by atoms with Gasteiger partial charge in [0.1, 0.15) is 6.20 Å². The van der Waals surface area contributed by atoms with Crippen LogP contribution in [0.1, 0.15) is 39.3 Å². The Morgan fingerprint density at radius 1 is 1.48 bits per heavy atom. The van der Waals surface area contributed by atoms with E-state index in [1.54, 1.807) is 0 Å². The Kier molecular flexibility index (Phi) is 5.52. The van der Waals surface area contributed by atoms with Gasteiger partial charge in [-0.3, -0.25) is 15.1 Å². The Morgan fingerprint density at radius 3 is 2.48 bits per heavy atom. The van der Waals surface area contributed by atoms with Gasteiger partial charge >= 0.3 is 0 Å². The zero-order chi connectivity index (χ0) is 16.4. The van der Waals surface area contributed by atoms with Crippen LogP contribution >= 0.6 is 11.6 Å². The molecule has 21 heavy (non-hydrogen) atoms. The minimum Gasteiger partial charge on any atom is -0.416 e. The second-order valence-electron chi connectivity index (χ2n) is 6.79. The Bertz CT molecular complexity index is 529. The lowest BCUT2D eigenvalue weighted by atomic mass is 10.1. The van der Waals surface area contributed by atoms with E-state index in [4.69, 9.17) is 16.0 Å². The zero-order valence-electron chi connectivity index (χ0n) is 13.4. The molecule has 0 aliphatic carbocycles. The molecule has 5 nitrogen and oxygen atoms in total. The molecule has 1 heterocycles. The third-order valence-electron chi connectivity index (χ3n) is 4.03. The van der Waals surface area contributed by atoms with E-state index in [9.17, 15) is 10.1 Å². The van der Waals surface area contributed by atoms with Crippen LogP contribution in [0, 0.1) is 10.1 Å². The maximum atomic E-state index is 10.7. The Labute approximate surface area is 132 Å². The van der Waals surface area contributed by atoms with Crippen molar-refractivity contribution in [3.63, 3.8) is 0 Å². The minimum atomic E-state index is -1.83. The molecular weight excluding hydrogens is 308 g/mol. The molecule has 0 saturated heterocycles. The van der Waals surface area contributed by atoms with Crippen LogP contribution in [-0.2, 0) is 4.43 Å². The Balaban J connectivity index is 2.82. The summed E-state index contributed by atoms with van der Waals surface area (Å²) in [6.07, 6.45) is 1.24. The highest BCUT2D eigenvalue weighted by Crippen LogP contribution is 2.37. The van der Waals surface area contributed by atoms with Gasteiger partial charge in [-0.2, -0.15) is 0 Å². The third kappa shape index (κ3) is 4.49. The second-order valence-corrected chi connectivity index (χ2v) is 12.0. The van der Waals surface area contributed by atoms with Crippen molar-refractivity contribution in [3.05, 3.63) is 33.1 Å². The highest BCUT2D eigenvalue weighted by atomic mass is 35.5. The van der Waals surface area contributed by atoms with Crippen LogP contribution in [0.5, 0.6) is 0 Å². The summed E-state index contributed by atoms with van der Waals surface area (Å²) in [4.78, 5) is 14.3. The summed E-state index contributed by atoms with van der Waals surface area (Å²) < 4.78 is 6.15. The van der Waals surface area contributed by atoms with Gasteiger partial charge in [0, 0.05) is 18.6 Å². The van der Waals surface area contributed by atoms with Crippen LogP contribution in [0.2, 0.25) is 23.2 Å². The molecule has 1 aromatic heterocycles. The standard InChI is InChI=1S/C14H23ClN2O3Si/c1-10(9-20-21(5,6)14(2,3)4)13-12(15)7-11(8-16-13)17(18)19/h7-8,10H,9H2,1-6H3. The van der Waals surface area contributed by atoms with Gasteiger partial charge in [0.2, 0.25) is 0 Å². The molecule has 1 aromatic rings. The van der Waals surface area contributed by atoms with E-state index >= 15 is 0 Å². The summed E-state index contributed by atoms with van der Waals surface area (Å²) >= 11 is 6.10. The average Bonchev–Trinajstić information content (AvgIpc) is 2.34. The van der Waals surface area contributed by atoms with E-state index in [0.29, 0.717) is 17.3 Å². The maximum absolute atomic E-state index is 10.7. The summed E-state index contributed by atoms with van der Waals surface area (Å²) in [6, 6.07) is 1.34. The summed E-state index contributed by atoms with van der Waals surface area (Å²) in [5, 5.41) is 11.1. The number of hydrogen-bond acceptors (Lipinski definition) is 4. The molecule has 1 unspecified atom stereocenters. The topological polar surface area (TPSA) is 65.3 Å². The van der Waals surface area contributed by atoms with Crippen molar-refractivity contribution in [2.24, 2.45) is 0 Å². The summed E-state index contributed by atoms with van der Waals surface area (Å²) in [5.74, 6) is -0.00701. The third-order valence-corrected chi connectivity index (χ3v) is 8.84. The van der Waals surface area contributed by atoms with E-state index in [0.717, 1.165) is 0 Å². The number of halogens is 1. The average molecular weight is 331 g/mol. The van der Waals surface area contributed by atoms with Gasteiger partial charge in [0.15, 0.2) is 8.32 Å². The van der Waals surface area contributed by atoms with Crippen molar-refractivity contribution >= 4 is 25.6 Å². The van der Waals surface area contributed by atoms with E-state index in [-0.39, 0.29) is 16.6 Å². The predicted octanol–water partition coefficient (Wildman–Crippen LogP) is 4.77. The van der Waals surface area contributed by atoms with Crippen LogP contribution in [0.4, 0.5) is 5.69 Å². The van der Waals surface area contributed by atoms with Gasteiger partial charge in [-0.15, -0.1) is 0 Å². The maximum Gasteiger partial charge on any atom is 0.289 e. The lowest BCUT2D eigenvalue weighted by molar-refractivity contribution is -0.385. The van der Waals surface area contributed by atoms with Crippen molar-refractivity contribution in [3.8, 4) is 0 Å². The molecule has 0 amide bonds. The predicted molar refractivity (Wildman–Crippen MR) is 87.5 cm³/mol. The first-order chi connectivity index (χ1) is 9.45. The lowest BCUT2D eigenvalue weighted by Gasteiger charge is -2.37. The number of hydrogen-bond donors (Lipinski definition) is 0. The lowest BCUT2D eigenvalue weighted by Crippen LogP contribution is -2.41. The molecule has 0 aliphatic rings. The molecule has 0 spiro atoms. The molecule has 1 atom stereocenters. The molecule has 0 aliphatic heterocycles. The molecule has 118 valence electrons. The number of aromatic nitrogens is 1. The molecular formula is C14H23ClN2O3Si. The monoisotopic (exact) mass is 330 g/mol. The van der Waals surface area contributed by atoms with Gasteiger partial charge in [0.05, 0.1) is 15.6 Å². The van der Waals surface area contributed by atoms with E-state index < -0.39 is 13.2 Å². The first kappa shape index (κ1) is 18.1. The number of pyridine rings is 1. The highest BCUT2D eigenvalue weighted by Gasteiger charge is 2.37. The van der Waals surface area contributed by atoms with Gasteiger partial charge in [0.25, 0.3) is 5.69 Å². The zero-order valence-corrected chi connectivity index (χ0v) is 15.2. The van der Waals surface area contributed by atoms with Crippen LogP contribution in [0.3, 0.4) is 0 Å². The molecule has 0 bridgehead atoms. The van der Waals surface area contributed by atoms with Crippen molar-refractivity contribution in [2.45, 2.75) is 51.7 Å². The molecule has 0 saturated carbocycles.